The monoisotopic (exact) mass is 227 g/mol. The van der Waals surface area contributed by atoms with E-state index in [2.05, 4.69) is 5.32 Å². The molecule has 0 aromatic heterocycles. The van der Waals surface area contributed by atoms with Crippen LogP contribution in [0.25, 0.3) is 0 Å². The van der Waals surface area contributed by atoms with Gasteiger partial charge in [0.15, 0.2) is 0 Å². The highest BCUT2D eigenvalue weighted by molar-refractivity contribution is 5.84. The molecular weight excluding hydrogens is 213 g/mol. The zero-order valence-electron chi connectivity index (χ0n) is 9.00. The lowest BCUT2D eigenvalue weighted by Gasteiger charge is -2.07. The molecule has 0 saturated heterocycles. The van der Waals surface area contributed by atoms with Gasteiger partial charge in [0, 0.05) is 6.07 Å². The number of unbranched alkanes of at least 4 members (excludes halogenated alkanes) is 1. The van der Waals surface area contributed by atoms with Crippen LogP contribution >= 0.6 is 0 Å². The summed E-state index contributed by atoms with van der Waals surface area (Å²) in [7, 11) is 0. The molecule has 1 aromatic carbocycles. The van der Waals surface area contributed by atoms with Crippen LogP contribution in [-0.2, 0) is 4.74 Å². The first-order chi connectivity index (χ1) is 7.63. The highest BCUT2D eigenvalue weighted by atomic mass is 19.1. The van der Waals surface area contributed by atoms with Gasteiger partial charge in [0.2, 0.25) is 0 Å². The van der Waals surface area contributed by atoms with Crippen LogP contribution in [0.5, 0.6) is 5.75 Å². The van der Waals surface area contributed by atoms with Crippen molar-refractivity contribution in [2.75, 3.05) is 11.9 Å². The molecule has 16 heavy (non-hydrogen) atoms. The number of anilines is 1. The van der Waals surface area contributed by atoms with Crippen LogP contribution < -0.4 is 5.32 Å². The summed E-state index contributed by atoms with van der Waals surface area (Å²) in [4.78, 5) is 11.2. The van der Waals surface area contributed by atoms with Crippen molar-refractivity contribution in [2.45, 2.75) is 19.8 Å². The fourth-order valence-electron chi connectivity index (χ4n) is 1.06. The Balaban J connectivity index is 2.49. The smallest absolute Gasteiger partial charge is 0.411 e. The van der Waals surface area contributed by atoms with Crippen LogP contribution in [0.4, 0.5) is 14.9 Å². The molecule has 2 N–H and O–H groups in total. The number of aromatic hydroxyl groups is 1. The molecule has 0 fully saturated rings. The Hall–Kier alpha value is -1.78. The molecular formula is C11H14FNO3. The van der Waals surface area contributed by atoms with E-state index in [9.17, 15) is 9.18 Å². The molecule has 0 saturated carbocycles. The van der Waals surface area contributed by atoms with E-state index in [4.69, 9.17) is 9.84 Å². The molecule has 0 heterocycles. The number of benzene rings is 1. The first-order valence-electron chi connectivity index (χ1n) is 5.05. The van der Waals surface area contributed by atoms with Crippen molar-refractivity contribution in [1.82, 2.24) is 0 Å². The molecule has 0 aliphatic rings. The summed E-state index contributed by atoms with van der Waals surface area (Å²) < 4.78 is 18.0. The molecule has 1 amide bonds. The summed E-state index contributed by atoms with van der Waals surface area (Å²) >= 11 is 0. The maximum atomic E-state index is 13.2. The minimum Gasteiger partial charge on any atom is -0.508 e. The second-order valence-electron chi connectivity index (χ2n) is 3.28. The summed E-state index contributed by atoms with van der Waals surface area (Å²) in [6.45, 7) is 2.28. The summed E-state index contributed by atoms with van der Waals surface area (Å²) in [6.07, 6.45) is 0.991. The zero-order chi connectivity index (χ0) is 12.0. The van der Waals surface area contributed by atoms with Crippen LogP contribution in [-0.4, -0.2) is 17.8 Å². The predicted molar refractivity (Wildman–Crippen MR) is 57.9 cm³/mol. The predicted octanol–water partition coefficient (Wildman–Crippen LogP) is 2.88. The second kappa shape index (κ2) is 5.95. The quantitative estimate of drug-likeness (QED) is 0.614. The van der Waals surface area contributed by atoms with Gasteiger partial charge in [-0.1, -0.05) is 13.3 Å². The number of phenols is 1. The summed E-state index contributed by atoms with van der Waals surface area (Å²) in [5, 5.41) is 11.2. The fraction of sp³-hybridized carbons (Fsp3) is 0.364. The van der Waals surface area contributed by atoms with Gasteiger partial charge in [-0.2, -0.15) is 0 Å². The minimum absolute atomic E-state index is 0.0145. The SMILES string of the molecule is CCCCOC(=O)Nc1ccc(O)cc1F. The van der Waals surface area contributed by atoms with Gasteiger partial charge in [-0.25, -0.2) is 9.18 Å². The van der Waals surface area contributed by atoms with Crippen molar-refractivity contribution >= 4 is 11.8 Å². The Morgan fingerprint density at radius 2 is 2.31 bits per heavy atom. The number of halogens is 1. The third-order valence-corrected chi connectivity index (χ3v) is 1.92. The van der Waals surface area contributed by atoms with Gasteiger partial charge in [-0.15, -0.1) is 0 Å². The lowest BCUT2D eigenvalue weighted by atomic mass is 10.3. The highest BCUT2D eigenvalue weighted by Gasteiger charge is 2.07. The van der Waals surface area contributed by atoms with Gasteiger partial charge in [0.25, 0.3) is 0 Å². The summed E-state index contributed by atoms with van der Waals surface area (Å²) in [5.74, 6) is -0.894. The van der Waals surface area contributed by atoms with Crippen LogP contribution in [0.15, 0.2) is 18.2 Å². The number of hydrogen-bond donors (Lipinski definition) is 2. The van der Waals surface area contributed by atoms with Gasteiger partial charge in [0.05, 0.1) is 12.3 Å². The van der Waals surface area contributed by atoms with Crippen LogP contribution in [0.2, 0.25) is 0 Å². The van der Waals surface area contributed by atoms with E-state index in [-0.39, 0.29) is 11.4 Å². The van der Waals surface area contributed by atoms with Crippen molar-refractivity contribution < 1.29 is 19.0 Å². The van der Waals surface area contributed by atoms with Gasteiger partial charge in [0.1, 0.15) is 11.6 Å². The Morgan fingerprint density at radius 1 is 1.56 bits per heavy atom. The lowest BCUT2D eigenvalue weighted by Crippen LogP contribution is -2.15. The molecule has 1 rings (SSSR count). The fourth-order valence-corrected chi connectivity index (χ4v) is 1.06. The number of phenolic OH excluding ortho intramolecular Hbond substituents is 1. The third kappa shape index (κ3) is 3.76. The first-order valence-corrected chi connectivity index (χ1v) is 5.05. The average Bonchev–Trinajstić information content (AvgIpc) is 2.23. The molecule has 0 radical (unpaired) electrons. The van der Waals surface area contributed by atoms with Crippen LogP contribution in [0.1, 0.15) is 19.8 Å². The van der Waals surface area contributed by atoms with E-state index in [1.807, 2.05) is 6.92 Å². The van der Waals surface area contributed by atoms with Crippen LogP contribution in [0, 0.1) is 5.82 Å². The average molecular weight is 227 g/mol. The van der Waals surface area contributed by atoms with Crippen LogP contribution in [0.3, 0.4) is 0 Å². The number of carbonyl (C=O) groups is 1. The van der Waals surface area contributed by atoms with Gasteiger partial charge in [-0.05, 0) is 18.6 Å². The van der Waals surface area contributed by atoms with E-state index in [0.717, 1.165) is 18.9 Å². The first kappa shape index (κ1) is 12.3. The molecule has 0 atom stereocenters. The maximum absolute atomic E-state index is 13.2. The van der Waals surface area contributed by atoms with Crippen molar-refractivity contribution in [2.24, 2.45) is 0 Å². The third-order valence-electron chi connectivity index (χ3n) is 1.92. The molecule has 88 valence electrons. The lowest BCUT2D eigenvalue weighted by molar-refractivity contribution is 0.159. The van der Waals surface area contributed by atoms with Crippen molar-refractivity contribution in [3.05, 3.63) is 24.0 Å². The standard InChI is InChI=1S/C11H14FNO3/c1-2-3-6-16-11(15)13-10-5-4-8(14)7-9(10)12/h4-5,7,14H,2-3,6H2,1H3,(H,13,15). The van der Waals surface area contributed by atoms with Gasteiger partial charge in [-0.3, -0.25) is 5.32 Å². The second-order valence-corrected chi connectivity index (χ2v) is 3.28. The van der Waals surface area contributed by atoms with E-state index >= 15 is 0 Å². The Bertz CT molecular complexity index is 368. The Kier molecular flexibility index (Phi) is 4.57. The topological polar surface area (TPSA) is 58.6 Å². The van der Waals surface area contributed by atoms with E-state index in [1.54, 1.807) is 0 Å². The number of carbonyl (C=O) groups excluding carboxylic acids is 1. The Labute approximate surface area is 93.0 Å². The summed E-state index contributed by atoms with van der Waals surface area (Å²) in [6, 6.07) is 3.47. The van der Waals surface area contributed by atoms with Crippen molar-refractivity contribution in [3.63, 3.8) is 0 Å². The van der Waals surface area contributed by atoms with E-state index in [1.165, 1.54) is 12.1 Å². The molecule has 0 aliphatic carbocycles. The van der Waals surface area contributed by atoms with Gasteiger partial charge < -0.3 is 9.84 Å². The Morgan fingerprint density at radius 3 is 2.94 bits per heavy atom. The number of ether oxygens (including phenoxy) is 1. The number of hydrogen-bond acceptors (Lipinski definition) is 3. The molecule has 1 aromatic rings. The van der Waals surface area contributed by atoms with E-state index in [0.29, 0.717) is 6.61 Å². The largest absolute Gasteiger partial charge is 0.508 e. The molecule has 0 spiro atoms. The maximum Gasteiger partial charge on any atom is 0.411 e. The number of amides is 1. The minimum atomic E-state index is -0.701. The van der Waals surface area contributed by atoms with Crippen molar-refractivity contribution in [3.8, 4) is 5.75 Å². The molecule has 5 heteroatoms. The summed E-state index contributed by atoms with van der Waals surface area (Å²) in [5.41, 5.74) is -0.0145. The van der Waals surface area contributed by atoms with Crippen molar-refractivity contribution in [1.29, 1.82) is 0 Å². The van der Waals surface area contributed by atoms with Gasteiger partial charge >= 0.3 is 6.09 Å². The normalized spacial score (nSPS) is 9.88. The molecule has 0 aliphatic heterocycles. The number of nitrogens with one attached hydrogen (secondary N) is 1. The molecule has 4 nitrogen and oxygen atoms in total. The van der Waals surface area contributed by atoms with E-state index < -0.39 is 11.9 Å². The zero-order valence-corrected chi connectivity index (χ0v) is 9.00. The molecule has 0 unspecified atom stereocenters. The number of rotatable bonds is 4. The molecule has 0 bridgehead atoms. The highest BCUT2D eigenvalue weighted by Crippen LogP contribution is 2.19.